The van der Waals surface area contributed by atoms with Gasteiger partial charge in [-0.1, -0.05) is 12.1 Å². The van der Waals surface area contributed by atoms with Crippen LogP contribution in [0.1, 0.15) is 24.4 Å². The standard InChI is InChI=1S/C25H26FN5O4S/c1-15-12-17(6-7-21(15)34-2)36(32,33)30-20-5-3-4-18(23(20)26)19-13-31(16-8-10-35-11-9-16)25-22(19)24(27)28-14-29-25/h3-7,12-14,16,30H,8-11H2,1-2H3,(H2,27,28,29). The fraction of sp³-hybridized carbons (Fsp3) is 0.280. The lowest BCUT2D eigenvalue weighted by Gasteiger charge is -2.24. The molecule has 0 saturated carbocycles. The fourth-order valence-corrected chi connectivity index (χ4v) is 5.74. The van der Waals surface area contributed by atoms with Gasteiger partial charge >= 0.3 is 0 Å². The van der Waals surface area contributed by atoms with Crippen LogP contribution in [0.4, 0.5) is 15.9 Å². The molecular formula is C25H26FN5O4S. The van der Waals surface area contributed by atoms with Crippen molar-refractivity contribution in [3.05, 3.63) is 60.3 Å². The van der Waals surface area contributed by atoms with Gasteiger partial charge in [-0.3, -0.25) is 4.72 Å². The van der Waals surface area contributed by atoms with Gasteiger partial charge in [-0.25, -0.2) is 22.8 Å². The number of halogens is 1. The number of nitrogens with two attached hydrogens (primary N) is 1. The molecule has 3 N–H and O–H groups in total. The van der Waals surface area contributed by atoms with Gasteiger partial charge in [0.15, 0.2) is 5.82 Å². The maximum absolute atomic E-state index is 15.9. The Balaban J connectivity index is 1.57. The topological polar surface area (TPSA) is 121 Å². The van der Waals surface area contributed by atoms with Crippen LogP contribution in [0.5, 0.6) is 5.75 Å². The van der Waals surface area contributed by atoms with Crippen LogP contribution >= 0.6 is 0 Å². The number of hydrogen-bond donors (Lipinski definition) is 2. The lowest BCUT2D eigenvalue weighted by atomic mass is 10.0. The predicted octanol–water partition coefficient (Wildman–Crippen LogP) is 4.29. The molecule has 1 aliphatic rings. The first-order valence-corrected chi connectivity index (χ1v) is 12.9. The second-order valence-electron chi connectivity index (χ2n) is 8.66. The minimum absolute atomic E-state index is 0.000586. The molecule has 2 aromatic heterocycles. The molecule has 0 atom stereocenters. The van der Waals surface area contributed by atoms with E-state index in [2.05, 4.69) is 14.7 Å². The van der Waals surface area contributed by atoms with Gasteiger partial charge in [-0.2, -0.15) is 0 Å². The van der Waals surface area contributed by atoms with E-state index in [1.165, 1.54) is 31.6 Å². The van der Waals surface area contributed by atoms with Crippen molar-refractivity contribution in [1.82, 2.24) is 14.5 Å². The number of aryl methyl sites for hydroxylation is 1. The summed E-state index contributed by atoms with van der Waals surface area (Å²) in [6, 6.07) is 9.12. The number of aromatic nitrogens is 3. The Bertz CT molecular complexity index is 1550. The highest BCUT2D eigenvalue weighted by Crippen LogP contribution is 2.39. The third kappa shape index (κ3) is 4.24. The van der Waals surface area contributed by atoms with Gasteiger partial charge in [-0.15, -0.1) is 0 Å². The molecule has 0 radical (unpaired) electrons. The number of hydrogen-bond acceptors (Lipinski definition) is 7. The maximum Gasteiger partial charge on any atom is 0.262 e. The first-order valence-electron chi connectivity index (χ1n) is 11.4. The molecule has 3 heterocycles. The summed E-state index contributed by atoms with van der Waals surface area (Å²) in [5.41, 5.74) is 7.96. The van der Waals surface area contributed by atoms with Gasteiger partial charge in [0.25, 0.3) is 10.0 Å². The van der Waals surface area contributed by atoms with E-state index < -0.39 is 15.8 Å². The highest BCUT2D eigenvalue weighted by Gasteiger charge is 2.25. The van der Waals surface area contributed by atoms with E-state index in [1.807, 2.05) is 10.8 Å². The Morgan fingerprint density at radius 3 is 2.67 bits per heavy atom. The second-order valence-corrected chi connectivity index (χ2v) is 10.3. The molecule has 0 aliphatic carbocycles. The van der Waals surface area contributed by atoms with E-state index in [0.717, 1.165) is 12.8 Å². The normalized spacial score (nSPS) is 14.8. The monoisotopic (exact) mass is 511 g/mol. The van der Waals surface area contributed by atoms with Crippen LogP contribution in [-0.4, -0.2) is 43.3 Å². The second kappa shape index (κ2) is 9.40. The SMILES string of the molecule is COc1ccc(S(=O)(=O)Nc2cccc(-c3cn(C4CCOCC4)c4ncnc(N)c34)c2F)cc1C. The number of ether oxygens (including phenoxy) is 2. The van der Waals surface area contributed by atoms with Crippen LogP contribution in [0, 0.1) is 12.7 Å². The van der Waals surface area contributed by atoms with Gasteiger partial charge in [0.05, 0.1) is 23.1 Å². The van der Waals surface area contributed by atoms with Crippen LogP contribution in [0.2, 0.25) is 0 Å². The van der Waals surface area contributed by atoms with E-state index in [9.17, 15) is 8.42 Å². The molecule has 1 fully saturated rings. The third-order valence-corrected chi connectivity index (χ3v) is 7.80. The Morgan fingerprint density at radius 1 is 1.17 bits per heavy atom. The number of nitrogens with zero attached hydrogens (tertiary/aromatic N) is 3. The summed E-state index contributed by atoms with van der Waals surface area (Å²) in [6.45, 7) is 2.98. The molecule has 0 unspecified atom stereocenters. The van der Waals surface area contributed by atoms with Crippen molar-refractivity contribution in [2.45, 2.75) is 30.7 Å². The molecule has 11 heteroatoms. The van der Waals surface area contributed by atoms with Crippen LogP contribution in [0.25, 0.3) is 22.2 Å². The van der Waals surface area contributed by atoms with Crippen molar-refractivity contribution in [1.29, 1.82) is 0 Å². The number of nitrogen functional groups attached to an aromatic ring is 1. The number of sulfonamides is 1. The summed E-state index contributed by atoms with van der Waals surface area (Å²) in [7, 11) is -2.55. The molecule has 2 aromatic carbocycles. The van der Waals surface area contributed by atoms with Crippen LogP contribution in [0.3, 0.4) is 0 Å². The van der Waals surface area contributed by atoms with E-state index in [0.29, 0.717) is 41.1 Å². The maximum atomic E-state index is 15.9. The van der Waals surface area contributed by atoms with E-state index in [4.69, 9.17) is 15.2 Å². The third-order valence-electron chi connectivity index (χ3n) is 6.43. The van der Waals surface area contributed by atoms with Crippen molar-refractivity contribution in [3.63, 3.8) is 0 Å². The quantitative estimate of drug-likeness (QED) is 0.396. The van der Waals surface area contributed by atoms with Crippen LogP contribution in [0.15, 0.2) is 53.8 Å². The molecule has 36 heavy (non-hydrogen) atoms. The summed E-state index contributed by atoms with van der Waals surface area (Å²) in [6.07, 6.45) is 4.78. The van der Waals surface area contributed by atoms with Crippen molar-refractivity contribution in [2.24, 2.45) is 0 Å². The average molecular weight is 512 g/mol. The number of fused-ring (bicyclic) bond motifs is 1. The first kappa shape index (κ1) is 24.0. The molecule has 5 rings (SSSR count). The fourth-order valence-electron chi connectivity index (χ4n) is 4.59. The molecule has 0 bridgehead atoms. The molecule has 188 valence electrons. The van der Waals surface area contributed by atoms with E-state index in [1.54, 1.807) is 25.1 Å². The average Bonchev–Trinajstić information content (AvgIpc) is 3.26. The summed E-state index contributed by atoms with van der Waals surface area (Å²) < 4.78 is 57.0. The summed E-state index contributed by atoms with van der Waals surface area (Å²) >= 11 is 0. The largest absolute Gasteiger partial charge is 0.496 e. The highest BCUT2D eigenvalue weighted by molar-refractivity contribution is 7.92. The van der Waals surface area contributed by atoms with Gasteiger partial charge in [-0.05, 0) is 49.6 Å². The zero-order valence-corrected chi connectivity index (χ0v) is 20.7. The van der Waals surface area contributed by atoms with Crippen molar-refractivity contribution in [3.8, 4) is 16.9 Å². The predicted molar refractivity (Wildman–Crippen MR) is 135 cm³/mol. The first-order chi connectivity index (χ1) is 17.3. The molecule has 4 aromatic rings. The summed E-state index contributed by atoms with van der Waals surface area (Å²) in [4.78, 5) is 8.53. The Hall–Kier alpha value is -3.70. The smallest absolute Gasteiger partial charge is 0.262 e. The Labute approximate surface area is 208 Å². The molecule has 0 spiro atoms. The Kier molecular flexibility index (Phi) is 6.27. The van der Waals surface area contributed by atoms with Crippen molar-refractivity contribution >= 4 is 32.6 Å². The van der Waals surface area contributed by atoms with E-state index in [-0.39, 0.29) is 28.0 Å². The van der Waals surface area contributed by atoms with Crippen molar-refractivity contribution < 1.29 is 22.3 Å². The molecule has 9 nitrogen and oxygen atoms in total. The number of nitrogens with one attached hydrogen (secondary N) is 1. The van der Waals surface area contributed by atoms with Crippen LogP contribution in [-0.2, 0) is 14.8 Å². The zero-order chi connectivity index (χ0) is 25.4. The number of rotatable bonds is 6. The molecule has 1 aliphatic heterocycles. The lowest BCUT2D eigenvalue weighted by molar-refractivity contribution is 0.0706. The summed E-state index contributed by atoms with van der Waals surface area (Å²) in [5.74, 6) is 0.0587. The number of methoxy groups -OCH3 is 1. The molecule has 1 saturated heterocycles. The highest BCUT2D eigenvalue weighted by atomic mass is 32.2. The minimum Gasteiger partial charge on any atom is -0.496 e. The molecular weight excluding hydrogens is 485 g/mol. The minimum atomic E-state index is -4.06. The van der Waals surface area contributed by atoms with Gasteiger partial charge < -0.3 is 19.8 Å². The van der Waals surface area contributed by atoms with Gasteiger partial charge in [0.2, 0.25) is 0 Å². The lowest BCUT2D eigenvalue weighted by Crippen LogP contribution is -2.19. The zero-order valence-electron chi connectivity index (χ0n) is 19.9. The van der Waals surface area contributed by atoms with Crippen LogP contribution < -0.4 is 15.2 Å². The Morgan fingerprint density at radius 2 is 1.94 bits per heavy atom. The van der Waals surface area contributed by atoms with E-state index >= 15 is 4.39 Å². The van der Waals surface area contributed by atoms with Gasteiger partial charge in [0, 0.05) is 36.6 Å². The molecule has 0 amide bonds. The summed E-state index contributed by atoms with van der Waals surface area (Å²) in [5, 5.41) is 0.522. The van der Waals surface area contributed by atoms with Gasteiger partial charge in [0.1, 0.15) is 23.5 Å². The number of anilines is 2. The number of benzene rings is 2. The van der Waals surface area contributed by atoms with Crippen molar-refractivity contribution in [2.75, 3.05) is 30.8 Å².